The molecule has 0 heterocycles. The first-order chi connectivity index (χ1) is 7.58. The largest absolute Gasteiger partial charge is 0.299 e. The van der Waals surface area contributed by atoms with Gasteiger partial charge in [-0.2, -0.15) is 0 Å². The third kappa shape index (κ3) is 2.80. The predicted molar refractivity (Wildman–Crippen MR) is 58.5 cm³/mol. The Kier molecular flexibility index (Phi) is 3.60. The molecule has 0 atom stereocenters. The third-order valence-corrected chi connectivity index (χ3v) is 4.13. The van der Waals surface area contributed by atoms with Crippen LogP contribution in [0.4, 0.5) is 8.78 Å². The van der Waals surface area contributed by atoms with Crippen molar-refractivity contribution in [2.45, 2.75) is 63.7 Å². The van der Waals surface area contributed by atoms with Gasteiger partial charge < -0.3 is 0 Å². The third-order valence-electron chi connectivity index (χ3n) is 4.13. The van der Waals surface area contributed by atoms with E-state index in [1.165, 1.54) is 6.42 Å². The van der Waals surface area contributed by atoms with Gasteiger partial charge in [0.15, 0.2) is 0 Å². The Bertz CT molecular complexity index is 247. The van der Waals surface area contributed by atoms with Crippen molar-refractivity contribution >= 4 is 5.78 Å². The van der Waals surface area contributed by atoms with Crippen LogP contribution in [0.5, 0.6) is 0 Å². The summed E-state index contributed by atoms with van der Waals surface area (Å²) in [5.41, 5.74) is 0. The lowest BCUT2D eigenvalue weighted by Gasteiger charge is -2.30. The molecule has 92 valence electrons. The quantitative estimate of drug-likeness (QED) is 0.701. The van der Waals surface area contributed by atoms with E-state index in [1.807, 2.05) is 0 Å². The normalized spacial score (nSPS) is 27.9. The van der Waals surface area contributed by atoms with Crippen LogP contribution in [0.1, 0.15) is 57.8 Å². The van der Waals surface area contributed by atoms with Gasteiger partial charge in [0.1, 0.15) is 5.78 Å². The summed E-state index contributed by atoms with van der Waals surface area (Å²) in [7, 11) is 0. The molecule has 0 N–H and O–H groups in total. The van der Waals surface area contributed by atoms with E-state index in [0.717, 1.165) is 25.7 Å². The average Bonchev–Trinajstić information content (AvgIpc) is 2.29. The van der Waals surface area contributed by atoms with Crippen molar-refractivity contribution in [3.63, 3.8) is 0 Å². The highest BCUT2D eigenvalue weighted by Gasteiger charge is 2.39. The van der Waals surface area contributed by atoms with E-state index in [9.17, 15) is 13.6 Å². The number of hydrogen-bond acceptors (Lipinski definition) is 1. The first kappa shape index (κ1) is 12.0. The van der Waals surface area contributed by atoms with Crippen molar-refractivity contribution in [2.24, 2.45) is 11.8 Å². The number of ketones is 1. The molecule has 16 heavy (non-hydrogen) atoms. The molecule has 0 radical (unpaired) electrons. The standard InChI is InChI=1S/C13H20F2O/c14-13(15)8-6-11(7-9-13)12(16)10-4-2-1-3-5-10/h10-11H,1-9H2. The molecule has 0 spiro atoms. The van der Waals surface area contributed by atoms with E-state index < -0.39 is 5.92 Å². The first-order valence-electron chi connectivity index (χ1n) is 6.50. The number of carbonyl (C=O) groups is 1. The topological polar surface area (TPSA) is 17.1 Å². The zero-order valence-corrected chi connectivity index (χ0v) is 9.68. The molecule has 1 nitrogen and oxygen atoms in total. The van der Waals surface area contributed by atoms with E-state index in [2.05, 4.69) is 0 Å². The highest BCUT2D eigenvalue weighted by Crippen LogP contribution is 2.39. The molecule has 2 aliphatic rings. The molecule has 0 amide bonds. The Hall–Kier alpha value is -0.470. The summed E-state index contributed by atoms with van der Waals surface area (Å²) in [5, 5.41) is 0. The van der Waals surface area contributed by atoms with Gasteiger partial charge in [0, 0.05) is 24.7 Å². The van der Waals surface area contributed by atoms with Gasteiger partial charge in [-0.05, 0) is 25.7 Å². The van der Waals surface area contributed by atoms with E-state index in [1.54, 1.807) is 0 Å². The molecule has 0 saturated heterocycles. The van der Waals surface area contributed by atoms with Crippen LogP contribution in [0.15, 0.2) is 0 Å². The Balaban J connectivity index is 1.86. The van der Waals surface area contributed by atoms with Gasteiger partial charge in [0.05, 0.1) is 0 Å². The molecule has 2 fully saturated rings. The smallest absolute Gasteiger partial charge is 0.248 e. The Morgan fingerprint density at radius 3 is 1.94 bits per heavy atom. The number of rotatable bonds is 2. The van der Waals surface area contributed by atoms with E-state index in [4.69, 9.17) is 0 Å². The molecule has 3 heteroatoms. The molecule has 0 aromatic heterocycles. The molecule has 0 aromatic carbocycles. The maximum atomic E-state index is 13.0. The van der Waals surface area contributed by atoms with Gasteiger partial charge in [-0.3, -0.25) is 4.79 Å². The monoisotopic (exact) mass is 230 g/mol. The molecule has 2 aliphatic carbocycles. The van der Waals surface area contributed by atoms with E-state index in [-0.39, 0.29) is 30.5 Å². The summed E-state index contributed by atoms with van der Waals surface area (Å²) in [5.74, 6) is -2.10. The molecule has 2 rings (SSSR count). The van der Waals surface area contributed by atoms with Crippen molar-refractivity contribution < 1.29 is 13.6 Å². The van der Waals surface area contributed by atoms with Gasteiger partial charge in [-0.1, -0.05) is 19.3 Å². The van der Waals surface area contributed by atoms with Crippen molar-refractivity contribution in [1.29, 1.82) is 0 Å². The van der Waals surface area contributed by atoms with Gasteiger partial charge in [-0.25, -0.2) is 8.78 Å². The number of carbonyl (C=O) groups excluding carboxylic acids is 1. The summed E-state index contributed by atoms with van der Waals surface area (Å²) in [6, 6.07) is 0. The van der Waals surface area contributed by atoms with Gasteiger partial charge in [0.25, 0.3) is 0 Å². The Morgan fingerprint density at radius 2 is 1.38 bits per heavy atom. The molecule has 0 bridgehead atoms. The molecule has 0 unspecified atom stereocenters. The zero-order valence-electron chi connectivity index (χ0n) is 9.68. The summed E-state index contributed by atoms with van der Waals surface area (Å²) < 4.78 is 25.9. The minimum absolute atomic E-state index is 0.0669. The molecular weight excluding hydrogens is 210 g/mol. The number of Topliss-reactive ketones (excluding diaryl/α,β-unsaturated/α-hetero) is 1. The van der Waals surface area contributed by atoms with E-state index >= 15 is 0 Å². The summed E-state index contributed by atoms with van der Waals surface area (Å²) in [6.07, 6.45) is 6.12. The highest BCUT2D eigenvalue weighted by atomic mass is 19.3. The van der Waals surface area contributed by atoms with Crippen LogP contribution in [-0.4, -0.2) is 11.7 Å². The van der Waals surface area contributed by atoms with Gasteiger partial charge in [0.2, 0.25) is 5.92 Å². The first-order valence-corrected chi connectivity index (χ1v) is 6.50. The lowest BCUT2D eigenvalue weighted by Crippen LogP contribution is -2.32. The number of hydrogen-bond donors (Lipinski definition) is 0. The molecular formula is C13H20F2O. The second kappa shape index (κ2) is 4.80. The van der Waals surface area contributed by atoms with Crippen LogP contribution >= 0.6 is 0 Å². The van der Waals surface area contributed by atoms with Crippen LogP contribution in [0.25, 0.3) is 0 Å². The highest BCUT2D eigenvalue weighted by molar-refractivity contribution is 5.83. The van der Waals surface area contributed by atoms with Crippen molar-refractivity contribution in [2.75, 3.05) is 0 Å². The number of halogens is 2. The fourth-order valence-electron chi connectivity index (χ4n) is 3.05. The molecule has 2 saturated carbocycles. The maximum Gasteiger partial charge on any atom is 0.248 e. The van der Waals surface area contributed by atoms with Crippen LogP contribution in [0, 0.1) is 11.8 Å². The fourth-order valence-corrected chi connectivity index (χ4v) is 3.05. The minimum atomic E-state index is -2.51. The average molecular weight is 230 g/mol. The van der Waals surface area contributed by atoms with Crippen molar-refractivity contribution in [3.8, 4) is 0 Å². The SMILES string of the molecule is O=C(C1CCCCC1)C1CCC(F)(F)CC1. The number of alkyl halides is 2. The Morgan fingerprint density at radius 1 is 0.875 bits per heavy atom. The summed E-state index contributed by atoms with van der Waals surface area (Å²) in [6.45, 7) is 0. The van der Waals surface area contributed by atoms with Crippen molar-refractivity contribution in [3.05, 3.63) is 0 Å². The van der Waals surface area contributed by atoms with Gasteiger partial charge >= 0.3 is 0 Å². The molecule has 0 aromatic rings. The zero-order chi connectivity index (χ0) is 11.6. The van der Waals surface area contributed by atoms with Crippen LogP contribution in [0.3, 0.4) is 0 Å². The lowest BCUT2D eigenvalue weighted by molar-refractivity contribution is -0.131. The Labute approximate surface area is 95.6 Å². The fraction of sp³-hybridized carbons (Fsp3) is 0.923. The second-order valence-electron chi connectivity index (χ2n) is 5.37. The maximum absolute atomic E-state index is 13.0. The van der Waals surface area contributed by atoms with Crippen LogP contribution < -0.4 is 0 Å². The summed E-state index contributed by atoms with van der Waals surface area (Å²) >= 11 is 0. The minimum Gasteiger partial charge on any atom is -0.299 e. The predicted octanol–water partition coefficient (Wildman–Crippen LogP) is 3.96. The van der Waals surface area contributed by atoms with Crippen LogP contribution in [0.2, 0.25) is 0 Å². The molecule has 0 aliphatic heterocycles. The van der Waals surface area contributed by atoms with Crippen LogP contribution in [-0.2, 0) is 4.79 Å². The van der Waals surface area contributed by atoms with E-state index in [0.29, 0.717) is 12.8 Å². The second-order valence-corrected chi connectivity index (χ2v) is 5.37. The van der Waals surface area contributed by atoms with Crippen molar-refractivity contribution in [1.82, 2.24) is 0 Å². The lowest BCUT2D eigenvalue weighted by atomic mass is 9.76. The van der Waals surface area contributed by atoms with Gasteiger partial charge in [-0.15, -0.1) is 0 Å². The summed E-state index contributed by atoms with van der Waals surface area (Å²) in [4.78, 5) is 12.1.